The van der Waals surface area contributed by atoms with Crippen LogP contribution < -0.4 is 9.64 Å². The number of benzene rings is 1. The molecule has 0 unspecified atom stereocenters. The lowest BCUT2D eigenvalue weighted by Gasteiger charge is -2.35. The Bertz CT molecular complexity index is 1250. The average molecular weight is 531 g/mol. The van der Waals surface area contributed by atoms with Crippen molar-refractivity contribution in [1.82, 2.24) is 19.7 Å². The molecule has 2 aliphatic rings. The summed E-state index contributed by atoms with van der Waals surface area (Å²) in [4.78, 5) is 34.3. The van der Waals surface area contributed by atoms with Gasteiger partial charge in [0, 0.05) is 29.8 Å². The molecule has 2 amide bonds. The minimum atomic E-state index is -0.818. The van der Waals surface area contributed by atoms with Gasteiger partial charge in [-0.25, -0.2) is 9.67 Å². The molecule has 0 N–H and O–H groups in total. The summed E-state index contributed by atoms with van der Waals surface area (Å²) in [5, 5.41) is 4.98. The molecule has 170 valence electrons. The van der Waals surface area contributed by atoms with E-state index in [1.165, 1.54) is 4.90 Å². The van der Waals surface area contributed by atoms with E-state index in [4.69, 9.17) is 16.3 Å². The van der Waals surface area contributed by atoms with Crippen LogP contribution in [0.3, 0.4) is 0 Å². The number of ether oxygens (including phenoxy) is 1. The first-order chi connectivity index (χ1) is 15.8. The summed E-state index contributed by atoms with van der Waals surface area (Å²) in [5.41, 5.74) is 2.03. The van der Waals surface area contributed by atoms with Crippen LogP contribution in [0.4, 0.5) is 5.82 Å². The molecule has 2 aliphatic heterocycles. The molecule has 0 bridgehead atoms. The number of amides is 2. The second-order valence-electron chi connectivity index (χ2n) is 8.15. The van der Waals surface area contributed by atoms with Gasteiger partial charge in [0.2, 0.25) is 0 Å². The molecule has 1 aromatic carbocycles. The van der Waals surface area contributed by atoms with Crippen molar-refractivity contribution in [2.75, 3.05) is 18.5 Å². The summed E-state index contributed by atoms with van der Waals surface area (Å²) in [6, 6.07) is 10.7. The highest BCUT2D eigenvalue weighted by atomic mass is 79.9. The Morgan fingerprint density at radius 2 is 2.00 bits per heavy atom. The molecule has 2 atom stereocenters. The van der Waals surface area contributed by atoms with E-state index in [1.807, 2.05) is 30.3 Å². The number of halogens is 2. The van der Waals surface area contributed by atoms with E-state index in [0.717, 1.165) is 10.0 Å². The number of carbonyl (C=O) groups excluding carboxylic acids is 2. The number of hydrogen-bond donors (Lipinski definition) is 0. The Kier molecular flexibility index (Phi) is 5.62. The number of anilines is 1. The Labute approximate surface area is 204 Å². The summed E-state index contributed by atoms with van der Waals surface area (Å²) in [6.45, 7) is 2.59. The normalized spacial score (nSPS) is 20.2. The van der Waals surface area contributed by atoms with Crippen LogP contribution in [-0.2, 0) is 17.8 Å². The summed E-state index contributed by atoms with van der Waals surface area (Å²) in [5.74, 6) is 0.309. The van der Waals surface area contributed by atoms with Crippen molar-refractivity contribution in [3.8, 4) is 5.75 Å². The van der Waals surface area contributed by atoms with Crippen molar-refractivity contribution >= 4 is 45.2 Å². The lowest BCUT2D eigenvalue weighted by molar-refractivity contribution is -0.125. The number of pyridine rings is 1. The zero-order chi connectivity index (χ0) is 23.3. The van der Waals surface area contributed by atoms with Gasteiger partial charge in [-0.2, -0.15) is 5.10 Å². The first-order valence-corrected chi connectivity index (χ1v) is 11.7. The maximum atomic E-state index is 13.5. The summed E-state index contributed by atoms with van der Waals surface area (Å²) < 4.78 is 8.47. The standard InChI is InChI=1S/C23H21BrClN5O3/c1-13-19(23(32)28(2)21-17(33-13)10-15(24)11-26-21)29-9-8-16-18(22(29)31)27-30(20(16)25)12-14-6-4-3-5-7-14/h3-7,10-11,13,19H,8-9,12H2,1-2H3/t13-,19+/m1/s1. The van der Waals surface area contributed by atoms with Gasteiger partial charge >= 0.3 is 0 Å². The third kappa shape index (κ3) is 3.79. The van der Waals surface area contributed by atoms with E-state index in [9.17, 15) is 9.59 Å². The van der Waals surface area contributed by atoms with Gasteiger partial charge in [0.1, 0.15) is 17.3 Å². The van der Waals surface area contributed by atoms with Gasteiger partial charge in [-0.05, 0) is 40.9 Å². The second kappa shape index (κ2) is 8.46. The minimum Gasteiger partial charge on any atom is -0.484 e. The van der Waals surface area contributed by atoms with Crippen molar-refractivity contribution in [2.24, 2.45) is 0 Å². The molecule has 10 heteroatoms. The van der Waals surface area contributed by atoms with E-state index in [1.54, 1.807) is 35.8 Å². The van der Waals surface area contributed by atoms with Crippen LogP contribution in [0.2, 0.25) is 5.15 Å². The molecule has 4 heterocycles. The van der Waals surface area contributed by atoms with Gasteiger partial charge in [0.05, 0.1) is 6.54 Å². The number of hydrogen-bond acceptors (Lipinski definition) is 5. The number of carbonyl (C=O) groups is 2. The van der Waals surface area contributed by atoms with Gasteiger partial charge in [0.25, 0.3) is 11.8 Å². The van der Waals surface area contributed by atoms with Gasteiger partial charge in [-0.15, -0.1) is 0 Å². The topological polar surface area (TPSA) is 80.6 Å². The number of aromatic nitrogens is 3. The molecule has 0 saturated heterocycles. The highest BCUT2D eigenvalue weighted by molar-refractivity contribution is 9.10. The van der Waals surface area contributed by atoms with Crippen molar-refractivity contribution < 1.29 is 14.3 Å². The third-order valence-corrected chi connectivity index (χ3v) is 6.87. The highest BCUT2D eigenvalue weighted by Crippen LogP contribution is 2.35. The van der Waals surface area contributed by atoms with Crippen molar-refractivity contribution in [1.29, 1.82) is 0 Å². The van der Waals surface area contributed by atoms with Gasteiger partial charge in [-0.1, -0.05) is 41.9 Å². The van der Waals surface area contributed by atoms with Crippen LogP contribution >= 0.6 is 27.5 Å². The van der Waals surface area contributed by atoms with Crippen LogP contribution in [0.15, 0.2) is 47.1 Å². The number of rotatable bonds is 3. The van der Waals surface area contributed by atoms with Gasteiger partial charge < -0.3 is 9.64 Å². The molecule has 33 heavy (non-hydrogen) atoms. The average Bonchev–Trinajstić information content (AvgIpc) is 3.07. The van der Waals surface area contributed by atoms with Gasteiger partial charge in [0.15, 0.2) is 17.3 Å². The van der Waals surface area contributed by atoms with E-state index < -0.39 is 12.1 Å². The third-order valence-electron chi connectivity index (χ3n) is 6.02. The predicted octanol–water partition coefficient (Wildman–Crippen LogP) is 3.55. The second-order valence-corrected chi connectivity index (χ2v) is 9.42. The number of fused-ring (bicyclic) bond motifs is 2. The fourth-order valence-electron chi connectivity index (χ4n) is 4.38. The monoisotopic (exact) mass is 529 g/mol. The van der Waals surface area contributed by atoms with E-state index in [-0.39, 0.29) is 17.5 Å². The summed E-state index contributed by atoms with van der Waals surface area (Å²) in [6.07, 6.45) is 1.53. The van der Waals surface area contributed by atoms with E-state index in [2.05, 4.69) is 26.0 Å². The molecule has 3 aromatic rings. The number of nitrogens with zero attached hydrogens (tertiary/aromatic N) is 5. The lowest BCUT2D eigenvalue weighted by atomic mass is 10.0. The molecule has 0 radical (unpaired) electrons. The zero-order valence-electron chi connectivity index (χ0n) is 18.0. The van der Waals surface area contributed by atoms with Crippen LogP contribution in [0.5, 0.6) is 5.75 Å². The maximum absolute atomic E-state index is 13.5. The Balaban J connectivity index is 1.46. The fraction of sp³-hybridized carbons (Fsp3) is 0.304. The SMILES string of the molecule is C[C@H]1Oc2cc(Br)cnc2N(C)C(=O)[C@H]1N1CCc2c(nn(Cc3ccccc3)c2Cl)C1=O. The smallest absolute Gasteiger partial charge is 0.275 e. The zero-order valence-corrected chi connectivity index (χ0v) is 20.4. The van der Waals surface area contributed by atoms with Crippen molar-refractivity contribution in [3.63, 3.8) is 0 Å². The Morgan fingerprint density at radius 1 is 1.24 bits per heavy atom. The molecule has 0 fully saturated rings. The fourth-order valence-corrected chi connectivity index (χ4v) is 4.97. The first kappa shape index (κ1) is 21.9. The molecule has 2 aromatic heterocycles. The molecular weight excluding hydrogens is 510 g/mol. The Morgan fingerprint density at radius 3 is 2.76 bits per heavy atom. The van der Waals surface area contributed by atoms with Crippen LogP contribution in [0.1, 0.15) is 28.5 Å². The largest absolute Gasteiger partial charge is 0.484 e. The molecule has 5 rings (SSSR count). The number of likely N-dealkylation sites (N-methyl/N-ethyl adjacent to an activating group) is 1. The quantitative estimate of drug-likeness (QED) is 0.517. The maximum Gasteiger partial charge on any atom is 0.275 e. The van der Waals surface area contributed by atoms with Crippen molar-refractivity contribution in [2.45, 2.75) is 32.0 Å². The Hall–Kier alpha value is -2.91. The summed E-state index contributed by atoms with van der Waals surface area (Å²) in [7, 11) is 1.64. The molecule has 0 spiro atoms. The lowest BCUT2D eigenvalue weighted by Crippen LogP contribution is -2.57. The van der Waals surface area contributed by atoms with Crippen LogP contribution in [-0.4, -0.2) is 57.2 Å². The summed E-state index contributed by atoms with van der Waals surface area (Å²) >= 11 is 9.98. The molecule has 0 aliphatic carbocycles. The van der Waals surface area contributed by atoms with E-state index in [0.29, 0.717) is 41.8 Å². The van der Waals surface area contributed by atoms with Crippen molar-refractivity contribution in [3.05, 3.63) is 69.0 Å². The first-order valence-electron chi connectivity index (χ1n) is 10.5. The molecule has 0 saturated carbocycles. The van der Waals surface area contributed by atoms with E-state index >= 15 is 0 Å². The van der Waals surface area contributed by atoms with Crippen LogP contribution in [0.25, 0.3) is 0 Å². The van der Waals surface area contributed by atoms with Crippen LogP contribution in [0, 0.1) is 0 Å². The minimum absolute atomic E-state index is 0.261. The molecular formula is C23H21BrClN5O3. The highest BCUT2D eigenvalue weighted by Gasteiger charge is 2.44. The van der Waals surface area contributed by atoms with Gasteiger partial charge in [-0.3, -0.25) is 14.5 Å². The molecule has 8 nitrogen and oxygen atoms in total. The predicted molar refractivity (Wildman–Crippen MR) is 127 cm³/mol.